The summed E-state index contributed by atoms with van der Waals surface area (Å²) in [6.07, 6.45) is 2.28. The maximum Gasteiger partial charge on any atom is 0.326 e. The van der Waals surface area contributed by atoms with Crippen LogP contribution in [0.5, 0.6) is 0 Å². The smallest absolute Gasteiger partial charge is 0.326 e. The van der Waals surface area contributed by atoms with Crippen LogP contribution >= 0.6 is 11.6 Å². The number of halogens is 1. The first kappa shape index (κ1) is 15.5. The van der Waals surface area contributed by atoms with Crippen LogP contribution in [0.15, 0.2) is 42.6 Å². The van der Waals surface area contributed by atoms with Gasteiger partial charge < -0.3 is 9.30 Å². The summed E-state index contributed by atoms with van der Waals surface area (Å²) in [5, 5.41) is 0.690. The Hall–Kier alpha value is -2.40. The summed E-state index contributed by atoms with van der Waals surface area (Å²) >= 11 is 5.92. The molecule has 23 heavy (non-hydrogen) atoms. The van der Waals surface area contributed by atoms with Crippen LogP contribution in [0.4, 0.5) is 0 Å². The SMILES string of the molecule is CCOC(=O)Cn1c(Cc2ccc(Cl)cc2)nc2cccnc21. The first-order chi connectivity index (χ1) is 11.2. The topological polar surface area (TPSA) is 57.0 Å². The van der Waals surface area contributed by atoms with Gasteiger partial charge in [0.25, 0.3) is 0 Å². The number of esters is 1. The Kier molecular flexibility index (Phi) is 4.57. The zero-order chi connectivity index (χ0) is 16.2. The fourth-order valence-corrected chi connectivity index (χ4v) is 2.55. The molecule has 3 rings (SSSR count). The Morgan fingerprint density at radius 3 is 2.78 bits per heavy atom. The number of benzene rings is 1. The van der Waals surface area contributed by atoms with Crippen LogP contribution in [0, 0.1) is 0 Å². The molecule has 0 amide bonds. The molecule has 2 heterocycles. The molecule has 0 saturated heterocycles. The standard InChI is InChI=1S/C17H16ClN3O2/c1-2-23-16(22)11-21-15(10-12-5-7-13(18)8-6-12)20-14-4-3-9-19-17(14)21/h3-9H,2,10-11H2,1H3. The molecule has 0 fully saturated rings. The number of hydrogen-bond acceptors (Lipinski definition) is 4. The highest BCUT2D eigenvalue weighted by Crippen LogP contribution is 2.18. The fraction of sp³-hybridized carbons (Fsp3) is 0.235. The highest BCUT2D eigenvalue weighted by atomic mass is 35.5. The first-order valence-corrected chi connectivity index (χ1v) is 7.75. The van der Waals surface area contributed by atoms with E-state index in [1.165, 1.54) is 0 Å². The maximum atomic E-state index is 11.9. The summed E-state index contributed by atoms with van der Waals surface area (Å²) in [5.41, 5.74) is 2.51. The minimum Gasteiger partial charge on any atom is -0.465 e. The van der Waals surface area contributed by atoms with E-state index in [1.54, 1.807) is 13.1 Å². The number of pyridine rings is 1. The molecule has 0 radical (unpaired) electrons. The second-order valence-corrected chi connectivity index (χ2v) is 5.51. The fourth-order valence-electron chi connectivity index (χ4n) is 2.43. The second-order valence-electron chi connectivity index (χ2n) is 5.07. The normalized spacial score (nSPS) is 10.9. The summed E-state index contributed by atoms with van der Waals surface area (Å²) in [7, 11) is 0. The van der Waals surface area contributed by atoms with E-state index in [1.807, 2.05) is 41.0 Å². The van der Waals surface area contributed by atoms with Crippen molar-refractivity contribution in [1.29, 1.82) is 0 Å². The predicted molar refractivity (Wildman–Crippen MR) is 88.4 cm³/mol. The Bertz CT molecular complexity index is 827. The van der Waals surface area contributed by atoms with E-state index in [-0.39, 0.29) is 12.5 Å². The van der Waals surface area contributed by atoms with Gasteiger partial charge in [-0.1, -0.05) is 23.7 Å². The van der Waals surface area contributed by atoms with E-state index >= 15 is 0 Å². The van der Waals surface area contributed by atoms with Gasteiger partial charge in [-0.25, -0.2) is 9.97 Å². The average molecular weight is 330 g/mol. The third-order valence-corrected chi connectivity index (χ3v) is 3.70. The molecule has 1 aromatic carbocycles. The van der Waals surface area contributed by atoms with Crippen molar-refractivity contribution in [2.24, 2.45) is 0 Å². The minimum absolute atomic E-state index is 0.101. The zero-order valence-electron chi connectivity index (χ0n) is 12.7. The van der Waals surface area contributed by atoms with Crippen LogP contribution in [-0.2, 0) is 22.5 Å². The van der Waals surface area contributed by atoms with Crippen molar-refractivity contribution in [3.63, 3.8) is 0 Å². The summed E-state index contributed by atoms with van der Waals surface area (Å²) in [4.78, 5) is 20.8. The Morgan fingerprint density at radius 1 is 1.26 bits per heavy atom. The van der Waals surface area contributed by atoms with Gasteiger partial charge in [-0.15, -0.1) is 0 Å². The highest BCUT2D eigenvalue weighted by Gasteiger charge is 2.15. The van der Waals surface area contributed by atoms with E-state index in [2.05, 4.69) is 9.97 Å². The molecule has 118 valence electrons. The molecule has 5 nitrogen and oxygen atoms in total. The van der Waals surface area contributed by atoms with Crippen LogP contribution < -0.4 is 0 Å². The molecule has 0 aliphatic rings. The number of imidazole rings is 1. The number of rotatable bonds is 5. The maximum absolute atomic E-state index is 11.9. The quantitative estimate of drug-likeness (QED) is 0.674. The number of ether oxygens (including phenoxy) is 1. The van der Waals surface area contributed by atoms with Gasteiger partial charge in [-0.05, 0) is 36.8 Å². The van der Waals surface area contributed by atoms with Crippen molar-refractivity contribution in [2.45, 2.75) is 19.9 Å². The third kappa shape index (κ3) is 3.51. The molecular weight excluding hydrogens is 314 g/mol. The summed E-state index contributed by atoms with van der Waals surface area (Å²) in [6, 6.07) is 11.3. The zero-order valence-corrected chi connectivity index (χ0v) is 13.5. The Labute approximate surface area is 138 Å². The van der Waals surface area contributed by atoms with Crippen molar-refractivity contribution < 1.29 is 9.53 Å². The molecule has 0 aliphatic carbocycles. The molecule has 0 aliphatic heterocycles. The number of nitrogens with zero attached hydrogens (tertiary/aromatic N) is 3. The molecule has 0 bridgehead atoms. The number of carbonyl (C=O) groups excluding carboxylic acids is 1. The molecule has 2 aromatic heterocycles. The van der Waals surface area contributed by atoms with Gasteiger partial charge in [-0.3, -0.25) is 4.79 Å². The Balaban J connectivity index is 1.97. The Morgan fingerprint density at radius 2 is 2.04 bits per heavy atom. The number of aromatic nitrogens is 3. The van der Waals surface area contributed by atoms with E-state index in [0.717, 1.165) is 16.9 Å². The molecule has 0 saturated carbocycles. The lowest BCUT2D eigenvalue weighted by molar-refractivity contribution is -0.143. The first-order valence-electron chi connectivity index (χ1n) is 7.37. The van der Waals surface area contributed by atoms with Gasteiger partial charge in [0.15, 0.2) is 5.65 Å². The van der Waals surface area contributed by atoms with Gasteiger partial charge in [0, 0.05) is 17.6 Å². The van der Waals surface area contributed by atoms with Gasteiger partial charge >= 0.3 is 5.97 Å². The van der Waals surface area contributed by atoms with Crippen LogP contribution in [0.25, 0.3) is 11.2 Å². The van der Waals surface area contributed by atoms with Crippen molar-refractivity contribution in [2.75, 3.05) is 6.61 Å². The number of hydrogen-bond donors (Lipinski definition) is 0. The van der Waals surface area contributed by atoms with Gasteiger partial charge in [0.05, 0.1) is 6.61 Å². The summed E-state index contributed by atoms with van der Waals surface area (Å²) in [5.74, 6) is 0.476. The van der Waals surface area contributed by atoms with E-state index < -0.39 is 0 Å². The van der Waals surface area contributed by atoms with Crippen molar-refractivity contribution >= 4 is 28.7 Å². The molecule has 0 spiro atoms. The summed E-state index contributed by atoms with van der Waals surface area (Å²) in [6.45, 7) is 2.24. The van der Waals surface area contributed by atoms with Gasteiger partial charge in [0.1, 0.15) is 17.9 Å². The molecule has 6 heteroatoms. The highest BCUT2D eigenvalue weighted by molar-refractivity contribution is 6.30. The van der Waals surface area contributed by atoms with Crippen molar-refractivity contribution in [3.05, 3.63) is 59.0 Å². The predicted octanol–water partition coefficient (Wildman–Crippen LogP) is 3.24. The lowest BCUT2D eigenvalue weighted by atomic mass is 10.1. The van der Waals surface area contributed by atoms with Crippen molar-refractivity contribution in [3.8, 4) is 0 Å². The lowest BCUT2D eigenvalue weighted by Gasteiger charge is -2.08. The van der Waals surface area contributed by atoms with E-state index in [0.29, 0.717) is 23.7 Å². The molecule has 0 N–H and O–H groups in total. The van der Waals surface area contributed by atoms with Gasteiger partial charge in [0.2, 0.25) is 0 Å². The van der Waals surface area contributed by atoms with Crippen molar-refractivity contribution in [1.82, 2.24) is 14.5 Å². The van der Waals surface area contributed by atoms with E-state index in [4.69, 9.17) is 16.3 Å². The molecule has 0 atom stereocenters. The molecule has 3 aromatic rings. The lowest BCUT2D eigenvalue weighted by Crippen LogP contribution is -2.16. The monoisotopic (exact) mass is 329 g/mol. The third-order valence-electron chi connectivity index (χ3n) is 3.45. The van der Waals surface area contributed by atoms with Crippen LogP contribution in [0.2, 0.25) is 5.02 Å². The van der Waals surface area contributed by atoms with Crippen LogP contribution in [0.3, 0.4) is 0 Å². The van der Waals surface area contributed by atoms with Gasteiger partial charge in [-0.2, -0.15) is 0 Å². The molecular formula is C17H16ClN3O2. The van der Waals surface area contributed by atoms with E-state index in [9.17, 15) is 4.79 Å². The summed E-state index contributed by atoms with van der Waals surface area (Å²) < 4.78 is 6.86. The minimum atomic E-state index is -0.296. The second kappa shape index (κ2) is 6.79. The molecule has 0 unspecified atom stereocenters. The number of carbonyl (C=O) groups is 1. The largest absolute Gasteiger partial charge is 0.465 e. The average Bonchev–Trinajstić information content (AvgIpc) is 2.88. The van der Waals surface area contributed by atoms with Crippen LogP contribution in [-0.4, -0.2) is 27.1 Å². The van der Waals surface area contributed by atoms with Crippen LogP contribution in [0.1, 0.15) is 18.3 Å². The number of fused-ring (bicyclic) bond motifs is 1.